The van der Waals surface area contributed by atoms with Gasteiger partial charge in [-0.2, -0.15) is 0 Å². The Hall–Kier alpha value is -1.62. The largest absolute Gasteiger partial charge is 0.464 e. The lowest BCUT2D eigenvalue weighted by molar-refractivity contribution is 0.0594. The van der Waals surface area contributed by atoms with E-state index in [9.17, 15) is 4.79 Å². The van der Waals surface area contributed by atoms with Gasteiger partial charge < -0.3 is 14.8 Å². The van der Waals surface area contributed by atoms with E-state index in [1.807, 2.05) is 6.07 Å². The van der Waals surface area contributed by atoms with Crippen LogP contribution in [-0.2, 0) is 9.47 Å². The Morgan fingerprint density at radius 3 is 2.89 bits per heavy atom. The molecular formula is C13H20N2O3. The minimum Gasteiger partial charge on any atom is -0.464 e. The predicted molar refractivity (Wildman–Crippen MR) is 69.8 cm³/mol. The Labute approximate surface area is 108 Å². The zero-order chi connectivity index (χ0) is 13.4. The van der Waals surface area contributed by atoms with E-state index in [1.165, 1.54) is 7.11 Å². The van der Waals surface area contributed by atoms with E-state index < -0.39 is 5.97 Å². The SMILES string of the molecule is CCCC(COC)Nc1ccnc(C(=O)OC)c1. The molecule has 100 valence electrons. The number of methoxy groups -OCH3 is 2. The van der Waals surface area contributed by atoms with Crippen molar-refractivity contribution in [3.63, 3.8) is 0 Å². The first-order valence-electron chi connectivity index (χ1n) is 6.01. The second-order valence-corrected chi connectivity index (χ2v) is 4.01. The van der Waals surface area contributed by atoms with Crippen molar-refractivity contribution >= 4 is 11.7 Å². The number of nitrogens with zero attached hydrogens (tertiary/aromatic N) is 1. The lowest BCUT2D eigenvalue weighted by Crippen LogP contribution is -2.24. The van der Waals surface area contributed by atoms with E-state index in [0.29, 0.717) is 12.3 Å². The molecule has 0 aliphatic rings. The van der Waals surface area contributed by atoms with Crippen LogP contribution in [-0.4, -0.2) is 37.8 Å². The molecule has 0 aliphatic carbocycles. The average molecular weight is 252 g/mol. The minimum absolute atomic E-state index is 0.230. The summed E-state index contributed by atoms with van der Waals surface area (Å²) in [7, 11) is 3.02. The average Bonchev–Trinajstić information content (AvgIpc) is 2.39. The van der Waals surface area contributed by atoms with Crippen molar-refractivity contribution in [2.75, 3.05) is 26.1 Å². The van der Waals surface area contributed by atoms with Crippen LogP contribution in [0.15, 0.2) is 18.3 Å². The van der Waals surface area contributed by atoms with E-state index in [1.54, 1.807) is 19.4 Å². The summed E-state index contributed by atoms with van der Waals surface area (Å²) in [5.74, 6) is -0.433. The van der Waals surface area contributed by atoms with Crippen LogP contribution in [0.4, 0.5) is 5.69 Å². The molecule has 0 spiro atoms. The molecule has 1 atom stereocenters. The number of hydrogen-bond acceptors (Lipinski definition) is 5. The number of hydrogen-bond donors (Lipinski definition) is 1. The standard InChI is InChI=1S/C13H20N2O3/c1-4-5-11(9-17-2)15-10-6-7-14-12(8-10)13(16)18-3/h6-8,11H,4-5,9H2,1-3H3,(H,14,15). The van der Waals surface area contributed by atoms with Crippen molar-refractivity contribution < 1.29 is 14.3 Å². The van der Waals surface area contributed by atoms with Crippen LogP contribution in [0.25, 0.3) is 0 Å². The molecule has 0 aliphatic heterocycles. The zero-order valence-electron chi connectivity index (χ0n) is 11.1. The van der Waals surface area contributed by atoms with Crippen molar-refractivity contribution in [3.05, 3.63) is 24.0 Å². The molecule has 1 unspecified atom stereocenters. The molecule has 0 fully saturated rings. The summed E-state index contributed by atoms with van der Waals surface area (Å²) in [4.78, 5) is 15.3. The van der Waals surface area contributed by atoms with E-state index in [4.69, 9.17) is 4.74 Å². The van der Waals surface area contributed by atoms with Gasteiger partial charge in [-0.1, -0.05) is 13.3 Å². The van der Waals surface area contributed by atoms with Gasteiger partial charge in [-0.15, -0.1) is 0 Å². The van der Waals surface area contributed by atoms with E-state index in [2.05, 4.69) is 22.0 Å². The molecule has 1 aromatic heterocycles. The Kier molecular flexibility index (Phi) is 6.14. The number of ether oxygens (including phenoxy) is 2. The van der Waals surface area contributed by atoms with E-state index >= 15 is 0 Å². The van der Waals surface area contributed by atoms with Crippen LogP contribution in [0.2, 0.25) is 0 Å². The highest BCUT2D eigenvalue weighted by molar-refractivity contribution is 5.88. The highest BCUT2D eigenvalue weighted by Crippen LogP contribution is 2.12. The van der Waals surface area contributed by atoms with Gasteiger partial charge in [0, 0.05) is 25.0 Å². The smallest absolute Gasteiger partial charge is 0.356 e. The maximum atomic E-state index is 11.4. The molecule has 0 radical (unpaired) electrons. The lowest BCUT2D eigenvalue weighted by atomic mass is 10.1. The van der Waals surface area contributed by atoms with Crippen LogP contribution in [0.3, 0.4) is 0 Å². The Morgan fingerprint density at radius 1 is 1.50 bits per heavy atom. The number of carbonyl (C=O) groups excluding carboxylic acids is 1. The highest BCUT2D eigenvalue weighted by Gasteiger charge is 2.10. The Morgan fingerprint density at radius 2 is 2.28 bits per heavy atom. The molecule has 0 amide bonds. The van der Waals surface area contributed by atoms with Crippen LogP contribution in [0.5, 0.6) is 0 Å². The summed E-state index contributed by atoms with van der Waals surface area (Å²) in [6, 6.07) is 3.74. The predicted octanol–water partition coefficient (Wildman–Crippen LogP) is 2.10. The number of anilines is 1. The third-order valence-electron chi connectivity index (χ3n) is 2.53. The maximum absolute atomic E-state index is 11.4. The van der Waals surface area contributed by atoms with Gasteiger partial charge >= 0.3 is 5.97 Å². The third kappa shape index (κ3) is 4.33. The molecule has 1 heterocycles. The van der Waals surface area contributed by atoms with Crippen LogP contribution in [0.1, 0.15) is 30.3 Å². The maximum Gasteiger partial charge on any atom is 0.356 e. The van der Waals surface area contributed by atoms with Crippen molar-refractivity contribution in [3.8, 4) is 0 Å². The topological polar surface area (TPSA) is 60.5 Å². The van der Waals surface area contributed by atoms with Gasteiger partial charge in [-0.3, -0.25) is 0 Å². The second-order valence-electron chi connectivity index (χ2n) is 4.01. The van der Waals surface area contributed by atoms with Crippen LogP contribution in [0, 0.1) is 0 Å². The number of esters is 1. The Bertz CT molecular complexity index is 376. The normalized spacial score (nSPS) is 11.9. The fraction of sp³-hybridized carbons (Fsp3) is 0.538. The molecule has 0 saturated carbocycles. The lowest BCUT2D eigenvalue weighted by Gasteiger charge is -2.18. The number of pyridine rings is 1. The Balaban J connectivity index is 2.73. The summed E-state index contributed by atoms with van der Waals surface area (Å²) < 4.78 is 9.80. The van der Waals surface area contributed by atoms with Crippen molar-refractivity contribution in [2.45, 2.75) is 25.8 Å². The summed E-state index contributed by atoms with van der Waals surface area (Å²) in [6.07, 6.45) is 3.66. The molecule has 5 nitrogen and oxygen atoms in total. The summed E-state index contributed by atoms with van der Waals surface area (Å²) >= 11 is 0. The first-order chi connectivity index (χ1) is 8.71. The number of rotatable bonds is 7. The zero-order valence-corrected chi connectivity index (χ0v) is 11.1. The number of carbonyl (C=O) groups is 1. The van der Waals surface area contributed by atoms with Gasteiger partial charge in [-0.25, -0.2) is 9.78 Å². The van der Waals surface area contributed by atoms with Crippen molar-refractivity contribution in [1.82, 2.24) is 4.98 Å². The molecule has 5 heteroatoms. The first kappa shape index (κ1) is 14.4. The molecule has 1 N–H and O–H groups in total. The highest BCUT2D eigenvalue weighted by atomic mass is 16.5. The second kappa shape index (κ2) is 7.66. The van der Waals surface area contributed by atoms with Gasteiger partial charge in [0.2, 0.25) is 0 Å². The fourth-order valence-electron chi connectivity index (χ4n) is 1.72. The van der Waals surface area contributed by atoms with Crippen molar-refractivity contribution in [1.29, 1.82) is 0 Å². The summed E-state index contributed by atoms with van der Waals surface area (Å²) in [6.45, 7) is 2.75. The fourth-order valence-corrected chi connectivity index (χ4v) is 1.72. The number of nitrogens with one attached hydrogen (secondary N) is 1. The molecule has 0 saturated heterocycles. The molecule has 18 heavy (non-hydrogen) atoms. The first-order valence-corrected chi connectivity index (χ1v) is 6.01. The van der Waals surface area contributed by atoms with E-state index in [0.717, 1.165) is 18.5 Å². The minimum atomic E-state index is -0.433. The monoisotopic (exact) mass is 252 g/mol. The quantitative estimate of drug-likeness (QED) is 0.753. The van der Waals surface area contributed by atoms with Gasteiger partial charge in [0.1, 0.15) is 5.69 Å². The molecule has 0 aromatic carbocycles. The van der Waals surface area contributed by atoms with Gasteiger partial charge in [0.15, 0.2) is 0 Å². The third-order valence-corrected chi connectivity index (χ3v) is 2.53. The molecule has 0 bridgehead atoms. The van der Waals surface area contributed by atoms with Crippen molar-refractivity contribution in [2.24, 2.45) is 0 Å². The molecule has 1 rings (SSSR count). The van der Waals surface area contributed by atoms with Gasteiger partial charge in [-0.05, 0) is 18.6 Å². The molecular weight excluding hydrogens is 232 g/mol. The van der Waals surface area contributed by atoms with Gasteiger partial charge in [0.25, 0.3) is 0 Å². The van der Waals surface area contributed by atoms with E-state index in [-0.39, 0.29) is 6.04 Å². The van der Waals surface area contributed by atoms with Gasteiger partial charge in [0.05, 0.1) is 13.7 Å². The summed E-state index contributed by atoms with van der Waals surface area (Å²) in [5.41, 5.74) is 1.15. The number of aromatic nitrogens is 1. The molecule has 1 aromatic rings. The van der Waals surface area contributed by atoms with Crippen LogP contribution >= 0.6 is 0 Å². The van der Waals surface area contributed by atoms with Crippen LogP contribution < -0.4 is 5.32 Å². The summed E-state index contributed by atoms with van der Waals surface area (Å²) in [5, 5.41) is 3.33.